The van der Waals surface area contributed by atoms with Gasteiger partial charge in [-0.15, -0.1) is 11.8 Å². The summed E-state index contributed by atoms with van der Waals surface area (Å²) in [7, 11) is 0. The number of hydrogen-bond acceptors (Lipinski definition) is 6. The first-order valence-electron chi connectivity index (χ1n) is 8.16. The summed E-state index contributed by atoms with van der Waals surface area (Å²) in [5.41, 5.74) is 1.29. The number of nitrogens with zero attached hydrogens (tertiary/aromatic N) is 4. The molecule has 0 spiro atoms. The van der Waals surface area contributed by atoms with Gasteiger partial charge in [-0.25, -0.2) is 4.98 Å². The van der Waals surface area contributed by atoms with Crippen molar-refractivity contribution >= 4 is 23.5 Å². The molecule has 2 fully saturated rings. The Kier molecular flexibility index (Phi) is 3.90. The minimum Gasteiger partial charge on any atom is -0.353 e. The van der Waals surface area contributed by atoms with Crippen LogP contribution in [-0.2, 0) is 6.42 Å². The molecule has 0 unspecified atom stereocenters. The number of nitrogens with one attached hydrogen (secondary N) is 1. The van der Waals surface area contributed by atoms with Gasteiger partial charge in [-0.2, -0.15) is 4.98 Å². The zero-order valence-electron chi connectivity index (χ0n) is 12.5. The van der Waals surface area contributed by atoms with Gasteiger partial charge in [0, 0.05) is 39.3 Å². The molecule has 6 heteroatoms. The van der Waals surface area contributed by atoms with Gasteiger partial charge < -0.3 is 15.1 Å². The van der Waals surface area contributed by atoms with E-state index in [4.69, 9.17) is 9.97 Å². The summed E-state index contributed by atoms with van der Waals surface area (Å²) in [5.74, 6) is 3.38. The summed E-state index contributed by atoms with van der Waals surface area (Å²) in [5, 5.41) is 3.43. The van der Waals surface area contributed by atoms with E-state index in [0.717, 1.165) is 51.6 Å². The number of aromatic nitrogens is 2. The Morgan fingerprint density at radius 1 is 0.905 bits per heavy atom. The van der Waals surface area contributed by atoms with Crippen molar-refractivity contribution < 1.29 is 0 Å². The molecular weight excluding hydrogens is 282 g/mol. The molecule has 4 heterocycles. The zero-order chi connectivity index (χ0) is 14.1. The quantitative estimate of drug-likeness (QED) is 0.894. The smallest absolute Gasteiger partial charge is 0.227 e. The molecule has 0 radical (unpaired) electrons. The normalized spacial score (nSPS) is 22.5. The van der Waals surface area contributed by atoms with Gasteiger partial charge in [-0.05, 0) is 31.4 Å². The van der Waals surface area contributed by atoms with Crippen LogP contribution < -0.4 is 15.1 Å². The van der Waals surface area contributed by atoms with Crippen molar-refractivity contribution in [3.05, 3.63) is 5.69 Å². The van der Waals surface area contributed by atoms with E-state index >= 15 is 0 Å². The molecule has 0 saturated carbocycles. The van der Waals surface area contributed by atoms with Gasteiger partial charge in [0.2, 0.25) is 5.95 Å². The Morgan fingerprint density at radius 3 is 2.52 bits per heavy atom. The Hall–Kier alpha value is -1.01. The third-order valence-corrected chi connectivity index (χ3v) is 5.72. The van der Waals surface area contributed by atoms with Gasteiger partial charge in [0.1, 0.15) is 5.82 Å². The van der Waals surface area contributed by atoms with Crippen LogP contribution in [0.15, 0.2) is 4.90 Å². The van der Waals surface area contributed by atoms with Crippen molar-refractivity contribution in [2.24, 2.45) is 0 Å². The lowest BCUT2D eigenvalue weighted by Crippen LogP contribution is -2.44. The molecule has 0 amide bonds. The zero-order valence-corrected chi connectivity index (χ0v) is 13.3. The lowest BCUT2D eigenvalue weighted by molar-refractivity contribution is 0.579. The monoisotopic (exact) mass is 305 g/mol. The van der Waals surface area contributed by atoms with Gasteiger partial charge in [-0.1, -0.05) is 0 Å². The molecule has 1 N–H and O–H groups in total. The molecule has 0 atom stereocenters. The Labute approximate surface area is 130 Å². The van der Waals surface area contributed by atoms with E-state index in [1.807, 2.05) is 11.8 Å². The number of aryl methyl sites for hydroxylation is 1. The van der Waals surface area contributed by atoms with Crippen LogP contribution in [0.5, 0.6) is 0 Å². The third kappa shape index (κ3) is 2.71. The minimum atomic E-state index is 0.974. The second kappa shape index (κ2) is 6.01. The van der Waals surface area contributed by atoms with Crippen LogP contribution in [0.4, 0.5) is 11.8 Å². The van der Waals surface area contributed by atoms with Crippen LogP contribution in [0, 0.1) is 0 Å². The van der Waals surface area contributed by atoms with Crippen LogP contribution in [0.25, 0.3) is 0 Å². The van der Waals surface area contributed by atoms with Crippen LogP contribution in [-0.4, -0.2) is 55.0 Å². The van der Waals surface area contributed by atoms with Crippen molar-refractivity contribution in [1.82, 2.24) is 15.3 Å². The molecule has 2 saturated heterocycles. The second-order valence-corrected chi connectivity index (χ2v) is 7.11. The predicted octanol–water partition coefficient (Wildman–Crippen LogP) is 1.52. The van der Waals surface area contributed by atoms with Gasteiger partial charge in [0.05, 0.1) is 10.6 Å². The fourth-order valence-electron chi connectivity index (χ4n) is 3.35. The fourth-order valence-corrected chi connectivity index (χ4v) is 4.46. The molecule has 0 bridgehead atoms. The molecule has 5 nitrogen and oxygen atoms in total. The highest BCUT2D eigenvalue weighted by Gasteiger charge is 2.25. The summed E-state index contributed by atoms with van der Waals surface area (Å²) >= 11 is 1.95. The number of fused-ring (bicyclic) bond motifs is 1. The van der Waals surface area contributed by atoms with Crippen molar-refractivity contribution in [2.75, 3.05) is 54.8 Å². The van der Waals surface area contributed by atoms with E-state index in [0.29, 0.717) is 0 Å². The topological polar surface area (TPSA) is 44.3 Å². The highest BCUT2D eigenvalue weighted by Crippen LogP contribution is 2.37. The summed E-state index contributed by atoms with van der Waals surface area (Å²) in [6, 6.07) is 0. The predicted molar refractivity (Wildman–Crippen MR) is 87.6 cm³/mol. The van der Waals surface area contributed by atoms with Crippen LogP contribution in [0.1, 0.15) is 25.0 Å². The van der Waals surface area contributed by atoms with Crippen molar-refractivity contribution in [3.63, 3.8) is 0 Å². The average Bonchev–Trinajstić information content (AvgIpc) is 3.09. The number of hydrogen-bond donors (Lipinski definition) is 1. The van der Waals surface area contributed by atoms with E-state index in [1.54, 1.807) is 0 Å². The second-order valence-electron chi connectivity index (χ2n) is 6.01. The van der Waals surface area contributed by atoms with Gasteiger partial charge in [-0.3, -0.25) is 0 Å². The van der Waals surface area contributed by atoms with Crippen molar-refractivity contribution in [2.45, 2.75) is 30.6 Å². The van der Waals surface area contributed by atoms with Gasteiger partial charge in [0.25, 0.3) is 0 Å². The van der Waals surface area contributed by atoms with Crippen molar-refractivity contribution in [3.8, 4) is 0 Å². The van der Waals surface area contributed by atoms with Gasteiger partial charge in [0.15, 0.2) is 0 Å². The highest BCUT2D eigenvalue weighted by molar-refractivity contribution is 7.99. The van der Waals surface area contributed by atoms with Crippen LogP contribution in [0.2, 0.25) is 0 Å². The molecule has 1 aromatic heterocycles. The molecule has 21 heavy (non-hydrogen) atoms. The number of rotatable bonds is 2. The number of piperazine rings is 1. The maximum Gasteiger partial charge on any atom is 0.227 e. The number of anilines is 2. The van der Waals surface area contributed by atoms with E-state index in [9.17, 15) is 0 Å². The standard InChI is InChI=1S/C15H23N5S/c1-2-8-20(7-1)15-17-12-4-3-11-21-13(12)14(18-15)19-9-5-16-6-10-19/h16H,1-11H2. The van der Waals surface area contributed by atoms with Crippen LogP contribution in [0.3, 0.4) is 0 Å². The molecule has 1 aromatic rings. The van der Waals surface area contributed by atoms with E-state index in [2.05, 4.69) is 15.1 Å². The first-order chi connectivity index (χ1) is 10.4. The maximum absolute atomic E-state index is 4.98. The molecule has 4 rings (SSSR count). The molecular formula is C15H23N5S. The maximum atomic E-state index is 4.98. The molecule has 0 aliphatic carbocycles. The van der Waals surface area contributed by atoms with Crippen LogP contribution >= 0.6 is 11.8 Å². The summed E-state index contributed by atoms with van der Waals surface area (Å²) in [4.78, 5) is 16.1. The molecule has 3 aliphatic heterocycles. The molecule has 3 aliphatic rings. The Morgan fingerprint density at radius 2 is 1.71 bits per heavy atom. The first-order valence-corrected chi connectivity index (χ1v) is 9.15. The largest absolute Gasteiger partial charge is 0.353 e. The first kappa shape index (κ1) is 13.6. The molecule has 0 aromatic carbocycles. The molecule has 114 valence electrons. The van der Waals surface area contributed by atoms with E-state index in [-0.39, 0.29) is 0 Å². The lowest BCUT2D eigenvalue weighted by Gasteiger charge is -2.32. The summed E-state index contributed by atoms with van der Waals surface area (Å²) < 4.78 is 0. The average molecular weight is 305 g/mol. The number of thioether (sulfide) groups is 1. The van der Waals surface area contributed by atoms with E-state index in [1.165, 1.54) is 41.4 Å². The highest BCUT2D eigenvalue weighted by atomic mass is 32.2. The minimum absolute atomic E-state index is 0.974. The van der Waals surface area contributed by atoms with Crippen molar-refractivity contribution in [1.29, 1.82) is 0 Å². The summed E-state index contributed by atoms with van der Waals surface area (Å²) in [6.07, 6.45) is 4.91. The Bertz CT molecular complexity index is 509. The fraction of sp³-hybridized carbons (Fsp3) is 0.733. The third-order valence-electron chi connectivity index (χ3n) is 4.52. The summed E-state index contributed by atoms with van der Waals surface area (Å²) in [6.45, 7) is 6.47. The lowest BCUT2D eigenvalue weighted by atomic mass is 10.2. The van der Waals surface area contributed by atoms with Gasteiger partial charge >= 0.3 is 0 Å². The Balaban J connectivity index is 1.72. The van der Waals surface area contributed by atoms with E-state index < -0.39 is 0 Å². The SMILES string of the molecule is C1CSc2c(nc(N3CCCC3)nc2N2CCNCC2)C1.